The van der Waals surface area contributed by atoms with Gasteiger partial charge in [-0.2, -0.15) is 0 Å². The van der Waals surface area contributed by atoms with Gasteiger partial charge >= 0.3 is 0 Å². The molecule has 1 N–H and O–H groups in total. The van der Waals surface area contributed by atoms with Crippen LogP contribution in [0.25, 0.3) is 0 Å². The summed E-state index contributed by atoms with van der Waals surface area (Å²) in [6.07, 6.45) is 4.48. The molecule has 1 fully saturated rings. The highest BCUT2D eigenvalue weighted by atomic mass is 35.5. The summed E-state index contributed by atoms with van der Waals surface area (Å²) in [5.41, 5.74) is 2.60. The van der Waals surface area contributed by atoms with E-state index in [9.17, 15) is 0 Å². The average molecular weight is 304 g/mol. The summed E-state index contributed by atoms with van der Waals surface area (Å²) in [6.45, 7) is 0. The first-order valence-corrected chi connectivity index (χ1v) is 8.51. The minimum Gasteiger partial charge on any atom is -0.382 e. The van der Waals surface area contributed by atoms with Gasteiger partial charge in [-0.05, 0) is 60.9 Å². The molecule has 0 atom stereocenters. The number of halogens is 1. The predicted octanol–water partition coefficient (Wildman–Crippen LogP) is 5.42. The fourth-order valence-corrected chi connectivity index (χ4v) is 3.38. The molecular weight excluding hydrogens is 286 g/mol. The molecule has 2 aromatic carbocycles. The normalized spacial score (nSPS) is 21.3. The number of rotatable bonds is 4. The SMILES string of the molecule is CSc1cccc(NC2CC(c3cccc(Cl)c3)C2)c1. The average Bonchev–Trinajstić information content (AvgIpc) is 2.42. The number of hydrogen-bond donors (Lipinski definition) is 1. The van der Waals surface area contributed by atoms with Crippen molar-refractivity contribution in [3.8, 4) is 0 Å². The molecule has 3 heteroatoms. The minimum absolute atomic E-state index is 0.580. The van der Waals surface area contributed by atoms with Crippen LogP contribution in [-0.4, -0.2) is 12.3 Å². The second-order valence-electron chi connectivity index (χ2n) is 5.30. The van der Waals surface area contributed by atoms with E-state index in [4.69, 9.17) is 11.6 Å². The number of anilines is 1. The van der Waals surface area contributed by atoms with Crippen molar-refractivity contribution in [2.24, 2.45) is 0 Å². The summed E-state index contributed by atoms with van der Waals surface area (Å²) in [7, 11) is 0. The van der Waals surface area contributed by atoms with E-state index >= 15 is 0 Å². The molecule has 0 bridgehead atoms. The Morgan fingerprint density at radius 2 is 1.90 bits per heavy atom. The van der Waals surface area contributed by atoms with Gasteiger partial charge in [0.05, 0.1) is 0 Å². The Morgan fingerprint density at radius 1 is 1.10 bits per heavy atom. The van der Waals surface area contributed by atoms with Crippen LogP contribution in [0.4, 0.5) is 5.69 Å². The maximum atomic E-state index is 6.05. The molecule has 1 saturated carbocycles. The molecule has 0 aliphatic heterocycles. The first-order valence-electron chi connectivity index (χ1n) is 6.90. The molecule has 0 aromatic heterocycles. The highest BCUT2D eigenvalue weighted by molar-refractivity contribution is 7.98. The molecule has 0 spiro atoms. The van der Waals surface area contributed by atoms with E-state index in [0.29, 0.717) is 12.0 Å². The molecule has 0 radical (unpaired) electrons. The summed E-state index contributed by atoms with van der Waals surface area (Å²) in [5, 5.41) is 4.46. The number of hydrogen-bond acceptors (Lipinski definition) is 2. The smallest absolute Gasteiger partial charge is 0.0408 e. The zero-order valence-electron chi connectivity index (χ0n) is 11.5. The highest BCUT2D eigenvalue weighted by Gasteiger charge is 2.30. The molecule has 104 valence electrons. The zero-order chi connectivity index (χ0) is 13.9. The van der Waals surface area contributed by atoms with Crippen LogP contribution in [0.5, 0.6) is 0 Å². The zero-order valence-corrected chi connectivity index (χ0v) is 13.0. The van der Waals surface area contributed by atoms with Gasteiger partial charge in [0, 0.05) is 21.6 Å². The minimum atomic E-state index is 0.580. The Balaban J connectivity index is 1.58. The molecular formula is C17H18ClNS. The van der Waals surface area contributed by atoms with Crippen molar-refractivity contribution in [3.63, 3.8) is 0 Å². The number of benzene rings is 2. The fraction of sp³-hybridized carbons (Fsp3) is 0.294. The Hall–Kier alpha value is -1.12. The molecule has 1 aliphatic rings. The van der Waals surface area contributed by atoms with E-state index in [1.54, 1.807) is 11.8 Å². The number of thioether (sulfide) groups is 1. The van der Waals surface area contributed by atoms with Gasteiger partial charge in [-0.1, -0.05) is 29.8 Å². The third-order valence-electron chi connectivity index (χ3n) is 3.90. The van der Waals surface area contributed by atoms with E-state index in [0.717, 1.165) is 5.02 Å². The quantitative estimate of drug-likeness (QED) is 0.757. The van der Waals surface area contributed by atoms with Gasteiger partial charge in [0.25, 0.3) is 0 Å². The Morgan fingerprint density at radius 3 is 2.65 bits per heavy atom. The molecule has 2 aromatic rings. The molecule has 0 saturated heterocycles. The standard InChI is InChI=1S/C17H18ClNS/c1-20-17-7-3-6-15(11-17)19-16-9-13(10-16)12-4-2-5-14(18)8-12/h2-8,11,13,16,19H,9-10H2,1H3. The predicted molar refractivity (Wildman–Crippen MR) is 89.1 cm³/mol. The first kappa shape index (κ1) is 13.8. The van der Waals surface area contributed by atoms with Crippen molar-refractivity contribution in [2.45, 2.75) is 29.7 Å². The monoisotopic (exact) mass is 303 g/mol. The molecule has 0 amide bonds. The van der Waals surface area contributed by atoms with Crippen LogP contribution in [0.15, 0.2) is 53.4 Å². The third-order valence-corrected chi connectivity index (χ3v) is 4.86. The van der Waals surface area contributed by atoms with Crippen LogP contribution in [0.3, 0.4) is 0 Å². The molecule has 1 nitrogen and oxygen atoms in total. The van der Waals surface area contributed by atoms with E-state index in [1.165, 1.54) is 29.0 Å². The van der Waals surface area contributed by atoms with E-state index < -0.39 is 0 Å². The Labute approximate surface area is 129 Å². The van der Waals surface area contributed by atoms with Gasteiger partial charge in [-0.25, -0.2) is 0 Å². The van der Waals surface area contributed by atoms with Gasteiger partial charge < -0.3 is 5.32 Å². The van der Waals surface area contributed by atoms with E-state index in [2.05, 4.69) is 48.0 Å². The summed E-state index contributed by atoms with van der Waals surface area (Å²) >= 11 is 7.83. The summed E-state index contributed by atoms with van der Waals surface area (Å²) in [5.74, 6) is 0.648. The van der Waals surface area contributed by atoms with Gasteiger partial charge in [0.15, 0.2) is 0 Å². The molecule has 20 heavy (non-hydrogen) atoms. The Bertz CT molecular complexity index is 593. The molecule has 0 unspecified atom stereocenters. The van der Waals surface area contributed by atoms with Crippen molar-refractivity contribution >= 4 is 29.1 Å². The van der Waals surface area contributed by atoms with Gasteiger partial charge in [0.2, 0.25) is 0 Å². The Kier molecular flexibility index (Phi) is 4.23. The van der Waals surface area contributed by atoms with Crippen LogP contribution in [0.1, 0.15) is 24.3 Å². The van der Waals surface area contributed by atoms with Gasteiger partial charge in [-0.3, -0.25) is 0 Å². The lowest BCUT2D eigenvalue weighted by molar-refractivity contribution is 0.374. The van der Waals surface area contributed by atoms with Crippen LogP contribution >= 0.6 is 23.4 Å². The van der Waals surface area contributed by atoms with Crippen molar-refractivity contribution < 1.29 is 0 Å². The maximum Gasteiger partial charge on any atom is 0.0408 e. The molecule has 0 heterocycles. The van der Waals surface area contributed by atoms with E-state index in [-0.39, 0.29) is 0 Å². The third kappa shape index (κ3) is 3.13. The van der Waals surface area contributed by atoms with Crippen LogP contribution in [0.2, 0.25) is 5.02 Å². The second kappa shape index (κ2) is 6.11. The van der Waals surface area contributed by atoms with Crippen molar-refractivity contribution in [2.75, 3.05) is 11.6 Å². The van der Waals surface area contributed by atoms with Crippen LogP contribution in [0, 0.1) is 0 Å². The largest absolute Gasteiger partial charge is 0.382 e. The van der Waals surface area contributed by atoms with E-state index in [1.807, 2.05) is 12.1 Å². The van der Waals surface area contributed by atoms with Crippen LogP contribution < -0.4 is 5.32 Å². The second-order valence-corrected chi connectivity index (χ2v) is 6.61. The first-order chi connectivity index (χ1) is 9.74. The summed E-state index contributed by atoms with van der Waals surface area (Å²) < 4.78 is 0. The lowest BCUT2D eigenvalue weighted by Gasteiger charge is -2.37. The highest BCUT2D eigenvalue weighted by Crippen LogP contribution is 2.39. The van der Waals surface area contributed by atoms with Gasteiger partial charge in [-0.15, -0.1) is 11.8 Å². The summed E-state index contributed by atoms with van der Waals surface area (Å²) in [6, 6.07) is 17.5. The van der Waals surface area contributed by atoms with Crippen molar-refractivity contribution in [3.05, 3.63) is 59.1 Å². The number of nitrogens with one attached hydrogen (secondary N) is 1. The molecule has 3 rings (SSSR count). The summed E-state index contributed by atoms with van der Waals surface area (Å²) in [4.78, 5) is 1.31. The maximum absolute atomic E-state index is 6.05. The fourth-order valence-electron chi connectivity index (χ4n) is 2.72. The lowest BCUT2D eigenvalue weighted by Crippen LogP contribution is -2.33. The van der Waals surface area contributed by atoms with Crippen molar-refractivity contribution in [1.82, 2.24) is 0 Å². The lowest BCUT2D eigenvalue weighted by atomic mass is 9.76. The topological polar surface area (TPSA) is 12.0 Å². The van der Waals surface area contributed by atoms with Crippen molar-refractivity contribution in [1.29, 1.82) is 0 Å². The van der Waals surface area contributed by atoms with Gasteiger partial charge in [0.1, 0.15) is 0 Å². The molecule has 1 aliphatic carbocycles. The van der Waals surface area contributed by atoms with Crippen LogP contribution in [-0.2, 0) is 0 Å².